The zero-order valence-corrected chi connectivity index (χ0v) is 15.3. The maximum atomic E-state index is 12.2. The molecule has 0 saturated heterocycles. The Bertz CT molecular complexity index is 728. The van der Waals surface area contributed by atoms with Crippen molar-refractivity contribution in [2.24, 2.45) is 0 Å². The number of carbonyl (C=O) groups is 2. The highest BCUT2D eigenvalue weighted by atomic mass is 35.5. The number of hydrogen-bond donors (Lipinski definition) is 2. The molecule has 0 aliphatic carbocycles. The van der Waals surface area contributed by atoms with Crippen LogP contribution in [0.15, 0.2) is 48.5 Å². The monoisotopic (exact) mass is 375 g/mol. The molecule has 0 spiro atoms. The second-order valence-electron chi connectivity index (χ2n) is 5.81. The molecule has 0 bridgehead atoms. The lowest BCUT2D eigenvalue weighted by molar-refractivity contribution is -0.145. The lowest BCUT2D eigenvalue weighted by atomic mass is 10.0. The normalized spacial score (nSPS) is 11.8. The summed E-state index contributed by atoms with van der Waals surface area (Å²) in [6, 6.07) is 12.8. The van der Waals surface area contributed by atoms with E-state index in [0.717, 1.165) is 5.56 Å². The van der Waals surface area contributed by atoms with E-state index in [4.69, 9.17) is 16.3 Å². The second-order valence-corrected chi connectivity index (χ2v) is 6.25. The van der Waals surface area contributed by atoms with E-state index in [1.165, 1.54) is 0 Å². The van der Waals surface area contributed by atoms with Crippen molar-refractivity contribution in [2.75, 3.05) is 13.2 Å². The van der Waals surface area contributed by atoms with Crippen molar-refractivity contribution in [2.45, 2.75) is 25.8 Å². The molecular formula is C20H22ClNO4. The molecule has 2 aromatic rings. The number of Topliss-reactive ketones (excluding diaryl/α,β-unsaturated/α-hetero) is 1. The van der Waals surface area contributed by atoms with E-state index in [1.807, 2.05) is 0 Å². The first-order chi connectivity index (χ1) is 12.5. The summed E-state index contributed by atoms with van der Waals surface area (Å²) in [5.41, 5.74) is 1.47. The first-order valence-corrected chi connectivity index (χ1v) is 8.84. The van der Waals surface area contributed by atoms with Crippen LogP contribution in [0.3, 0.4) is 0 Å². The molecular weight excluding hydrogens is 354 g/mol. The van der Waals surface area contributed by atoms with Gasteiger partial charge in [0, 0.05) is 23.6 Å². The molecule has 2 aromatic carbocycles. The standard InChI is InChI=1S/C20H22ClNO4/c1-2-26-20(25)18(13-14-3-9-17(23)10-4-14)22-12-11-19(24)15-5-7-16(21)8-6-15/h3-10,18,22-23H,2,11-13H2,1H3. The summed E-state index contributed by atoms with van der Waals surface area (Å²) in [6.45, 7) is 2.39. The maximum Gasteiger partial charge on any atom is 0.323 e. The molecule has 5 nitrogen and oxygen atoms in total. The average Bonchev–Trinajstić information content (AvgIpc) is 2.63. The van der Waals surface area contributed by atoms with E-state index < -0.39 is 6.04 Å². The smallest absolute Gasteiger partial charge is 0.323 e. The van der Waals surface area contributed by atoms with E-state index >= 15 is 0 Å². The van der Waals surface area contributed by atoms with Gasteiger partial charge >= 0.3 is 5.97 Å². The van der Waals surface area contributed by atoms with Gasteiger partial charge in [0.05, 0.1) is 6.61 Å². The number of phenols is 1. The lowest BCUT2D eigenvalue weighted by Crippen LogP contribution is -2.40. The first kappa shape index (κ1) is 19.9. The number of esters is 1. The van der Waals surface area contributed by atoms with Gasteiger partial charge in [0.15, 0.2) is 5.78 Å². The number of benzene rings is 2. The van der Waals surface area contributed by atoms with Crippen LogP contribution in [-0.4, -0.2) is 36.1 Å². The molecule has 2 N–H and O–H groups in total. The number of nitrogens with one attached hydrogen (secondary N) is 1. The van der Waals surface area contributed by atoms with Gasteiger partial charge in [0.2, 0.25) is 0 Å². The van der Waals surface area contributed by atoms with E-state index in [9.17, 15) is 14.7 Å². The number of halogens is 1. The summed E-state index contributed by atoms with van der Waals surface area (Å²) in [5.74, 6) is -0.219. The van der Waals surface area contributed by atoms with Gasteiger partial charge in [-0.15, -0.1) is 0 Å². The molecule has 0 amide bonds. The Balaban J connectivity index is 1.93. The third-order valence-electron chi connectivity index (χ3n) is 3.86. The van der Waals surface area contributed by atoms with Crippen LogP contribution in [0.1, 0.15) is 29.3 Å². The molecule has 0 saturated carbocycles. The van der Waals surface area contributed by atoms with Crippen molar-refractivity contribution in [3.05, 3.63) is 64.7 Å². The van der Waals surface area contributed by atoms with Crippen LogP contribution < -0.4 is 5.32 Å². The quantitative estimate of drug-likeness (QED) is 0.519. The molecule has 2 rings (SSSR count). The fourth-order valence-electron chi connectivity index (χ4n) is 2.49. The summed E-state index contributed by atoms with van der Waals surface area (Å²) in [7, 11) is 0. The molecule has 0 fully saturated rings. The Morgan fingerprint density at radius 3 is 2.38 bits per heavy atom. The number of aromatic hydroxyl groups is 1. The topological polar surface area (TPSA) is 75.6 Å². The Labute approximate surface area is 157 Å². The number of ketones is 1. The van der Waals surface area contributed by atoms with Crippen molar-refractivity contribution in [3.63, 3.8) is 0 Å². The van der Waals surface area contributed by atoms with Crippen LogP contribution in [-0.2, 0) is 16.0 Å². The van der Waals surface area contributed by atoms with Crippen molar-refractivity contribution in [1.82, 2.24) is 5.32 Å². The molecule has 1 unspecified atom stereocenters. The van der Waals surface area contributed by atoms with Crippen molar-refractivity contribution in [1.29, 1.82) is 0 Å². The lowest BCUT2D eigenvalue weighted by Gasteiger charge is -2.17. The zero-order valence-electron chi connectivity index (χ0n) is 14.6. The van der Waals surface area contributed by atoms with Crippen molar-refractivity contribution in [3.8, 4) is 5.75 Å². The summed E-state index contributed by atoms with van der Waals surface area (Å²) < 4.78 is 5.10. The molecule has 0 aromatic heterocycles. The van der Waals surface area contributed by atoms with Gasteiger partial charge in [-0.25, -0.2) is 0 Å². The van der Waals surface area contributed by atoms with Crippen LogP contribution in [0.25, 0.3) is 0 Å². The molecule has 0 heterocycles. The van der Waals surface area contributed by atoms with Gasteiger partial charge in [-0.05, 0) is 55.3 Å². The van der Waals surface area contributed by atoms with Crippen LogP contribution in [0.2, 0.25) is 5.02 Å². The Morgan fingerprint density at radius 1 is 1.12 bits per heavy atom. The minimum atomic E-state index is -0.558. The minimum absolute atomic E-state index is 0.0265. The van der Waals surface area contributed by atoms with Gasteiger partial charge in [-0.1, -0.05) is 23.7 Å². The van der Waals surface area contributed by atoms with E-state index in [-0.39, 0.29) is 30.5 Å². The molecule has 26 heavy (non-hydrogen) atoms. The molecule has 0 aliphatic rings. The SMILES string of the molecule is CCOC(=O)C(Cc1ccc(O)cc1)NCCC(=O)c1ccc(Cl)cc1. The summed E-state index contributed by atoms with van der Waals surface area (Å²) >= 11 is 5.82. The largest absolute Gasteiger partial charge is 0.508 e. The highest BCUT2D eigenvalue weighted by Crippen LogP contribution is 2.13. The number of rotatable bonds is 9. The van der Waals surface area contributed by atoms with Crippen molar-refractivity contribution >= 4 is 23.4 Å². The Morgan fingerprint density at radius 2 is 1.77 bits per heavy atom. The Kier molecular flexibility index (Phi) is 7.63. The van der Waals surface area contributed by atoms with E-state index in [1.54, 1.807) is 55.5 Å². The van der Waals surface area contributed by atoms with Crippen LogP contribution in [0.5, 0.6) is 5.75 Å². The van der Waals surface area contributed by atoms with Gasteiger partial charge in [-0.3, -0.25) is 9.59 Å². The van der Waals surface area contributed by atoms with E-state index in [2.05, 4.69) is 5.32 Å². The molecule has 138 valence electrons. The maximum absolute atomic E-state index is 12.2. The summed E-state index contributed by atoms with van der Waals surface area (Å²) in [4.78, 5) is 24.4. The fraction of sp³-hybridized carbons (Fsp3) is 0.300. The second kappa shape index (κ2) is 9.94. The highest BCUT2D eigenvalue weighted by Gasteiger charge is 2.20. The molecule has 6 heteroatoms. The van der Waals surface area contributed by atoms with Gasteiger partial charge < -0.3 is 15.2 Å². The summed E-state index contributed by atoms with van der Waals surface area (Å²) in [6.07, 6.45) is 0.668. The van der Waals surface area contributed by atoms with Crippen LogP contribution >= 0.6 is 11.6 Å². The first-order valence-electron chi connectivity index (χ1n) is 8.46. The molecule has 0 aliphatic heterocycles. The van der Waals surface area contributed by atoms with Crippen molar-refractivity contribution < 1.29 is 19.4 Å². The average molecular weight is 376 g/mol. The van der Waals surface area contributed by atoms with Gasteiger partial charge in [0.25, 0.3) is 0 Å². The highest BCUT2D eigenvalue weighted by molar-refractivity contribution is 6.30. The van der Waals surface area contributed by atoms with Crippen LogP contribution in [0, 0.1) is 0 Å². The Hall–Kier alpha value is -2.37. The predicted octanol–water partition coefficient (Wildman–Crippen LogP) is 3.38. The van der Waals surface area contributed by atoms with Gasteiger partial charge in [-0.2, -0.15) is 0 Å². The van der Waals surface area contributed by atoms with Gasteiger partial charge in [0.1, 0.15) is 11.8 Å². The number of carbonyl (C=O) groups excluding carboxylic acids is 2. The predicted molar refractivity (Wildman–Crippen MR) is 101 cm³/mol. The summed E-state index contributed by atoms with van der Waals surface area (Å²) in [5, 5.41) is 13.0. The molecule has 1 atom stereocenters. The van der Waals surface area contributed by atoms with Crippen LogP contribution in [0.4, 0.5) is 0 Å². The third-order valence-corrected chi connectivity index (χ3v) is 4.11. The number of phenolic OH excluding ortho intramolecular Hbond substituents is 1. The zero-order chi connectivity index (χ0) is 18.9. The number of ether oxygens (including phenoxy) is 1. The third kappa shape index (κ3) is 6.17. The fourth-order valence-corrected chi connectivity index (χ4v) is 2.62. The molecule has 0 radical (unpaired) electrons. The van der Waals surface area contributed by atoms with E-state index in [0.29, 0.717) is 23.6 Å². The number of hydrogen-bond acceptors (Lipinski definition) is 5. The minimum Gasteiger partial charge on any atom is -0.508 e.